The zero-order valence-corrected chi connectivity index (χ0v) is 14.0. The second-order valence-corrected chi connectivity index (χ2v) is 7.40. The molecule has 0 aromatic carbocycles. The Labute approximate surface area is 142 Å². The minimum Gasteiger partial charge on any atom is -0.374 e. The Morgan fingerprint density at radius 1 is 1.25 bits per heavy atom. The first kappa shape index (κ1) is 14.7. The maximum atomic E-state index is 5.94. The third-order valence-electron chi connectivity index (χ3n) is 5.66. The summed E-state index contributed by atoms with van der Waals surface area (Å²) in [6.45, 7) is 3.77. The van der Waals surface area contributed by atoms with Crippen LogP contribution in [0.4, 0.5) is 5.82 Å². The Morgan fingerprint density at radius 2 is 2.17 bits per heavy atom. The highest BCUT2D eigenvalue weighted by Gasteiger charge is 2.33. The van der Waals surface area contributed by atoms with E-state index in [1.807, 2.05) is 16.9 Å². The SMILES string of the molecule is c1cn2nc(C3CCC3)cc2c(NC[C@H]2CN(C3CC3)CCO2)n1. The molecular formula is C18H25N5O. The number of nitrogens with one attached hydrogen (secondary N) is 1. The molecule has 0 unspecified atom stereocenters. The van der Waals surface area contributed by atoms with Crippen LogP contribution >= 0.6 is 0 Å². The number of morpholine rings is 1. The first-order valence-corrected chi connectivity index (χ1v) is 9.30. The molecule has 2 aliphatic carbocycles. The maximum absolute atomic E-state index is 5.94. The molecule has 1 saturated heterocycles. The smallest absolute Gasteiger partial charge is 0.152 e. The lowest BCUT2D eigenvalue weighted by molar-refractivity contribution is -0.0241. The predicted octanol–water partition coefficient (Wildman–Crippen LogP) is 2.27. The molecule has 3 heterocycles. The van der Waals surface area contributed by atoms with Gasteiger partial charge in [0, 0.05) is 44.0 Å². The molecule has 128 valence electrons. The Morgan fingerprint density at radius 3 is 2.96 bits per heavy atom. The zero-order chi connectivity index (χ0) is 15.9. The molecule has 24 heavy (non-hydrogen) atoms. The van der Waals surface area contributed by atoms with Gasteiger partial charge in [-0.3, -0.25) is 4.90 Å². The van der Waals surface area contributed by atoms with Crippen molar-refractivity contribution in [3.63, 3.8) is 0 Å². The molecule has 3 fully saturated rings. The van der Waals surface area contributed by atoms with Gasteiger partial charge in [-0.15, -0.1) is 0 Å². The van der Waals surface area contributed by atoms with Crippen molar-refractivity contribution >= 4 is 11.3 Å². The van der Waals surface area contributed by atoms with E-state index in [2.05, 4.69) is 21.3 Å². The third-order valence-corrected chi connectivity index (χ3v) is 5.66. The van der Waals surface area contributed by atoms with Crippen molar-refractivity contribution in [1.29, 1.82) is 0 Å². The van der Waals surface area contributed by atoms with E-state index in [4.69, 9.17) is 9.84 Å². The molecular weight excluding hydrogens is 302 g/mol. The highest BCUT2D eigenvalue weighted by Crippen LogP contribution is 2.36. The molecule has 2 aromatic heterocycles. The topological polar surface area (TPSA) is 54.7 Å². The first-order chi connectivity index (χ1) is 11.9. The third kappa shape index (κ3) is 2.78. The van der Waals surface area contributed by atoms with Gasteiger partial charge in [-0.25, -0.2) is 9.50 Å². The molecule has 0 bridgehead atoms. The van der Waals surface area contributed by atoms with E-state index in [-0.39, 0.29) is 6.10 Å². The molecule has 0 spiro atoms. The number of fused-ring (bicyclic) bond motifs is 1. The average Bonchev–Trinajstić information content (AvgIpc) is 3.32. The molecule has 5 rings (SSSR count). The van der Waals surface area contributed by atoms with E-state index >= 15 is 0 Å². The molecule has 1 atom stereocenters. The number of hydrogen-bond donors (Lipinski definition) is 1. The van der Waals surface area contributed by atoms with Gasteiger partial charge in [-0.1, -0.05) is 6.42 Å². The van der Waals surface area contributed by atoms with Crippen LogP contribution in [0, 0.1) is 0 Å². The summed E-state index contributed by atoms with van der Waals surface area (Å²) in [7, 11) is 0. The quantitative estimate of drug-likeness (QED) is 0.913. The van der Waals surface area contributed by atoms with Crippen molar-refractivity contribution in [2.24, 2.45) is 0 Å². The summed E-state index contributed by atoms with van der Waals surface area (Å²) in [6.07, 6.45) is 10.6. The molecule has 2 aromatic rings. The van der Waals surface area contributed by atoms with Crippen LogP contribution in [0.15, 0.2) is 18.5 Å². The lowest BCUT2D eigenvalue weighted by Gasteiger charge is -2.33. The summed E-state index contributed by atoms with van der Waals surface area (Å²) < 4.78 is 7.90. The van der Waals surface area contributed by atoms with E-state index in [0.29, 0.717) is 5.92 Å². The summed E-state index contributed by atoms with van der Waals surface area (Å²) in [5.74, 6) is 1.56. The van der Waals surface area contributed by atoms with Gasteiger partial charge >= 0.3 is 0 Å². The Hall–Kier alpha value is -1.66. The number of ether oxygens (including phenoxy) is 1. The standard InChI is InChI=1S/C18H25N5O/c1-2-13(3-1)16-10-17-18(19-6-7-23(17)21-16)20-11-15-12-22(8-9-24-15)14-4-5-14/h6-7,10,13-15H,1-5,8-9,11-12H2,(H,19,20)/t15-/m0/s1. The van der Waals surface area contributed by atoms with E-state index in [9.17, 15) is 0 Å². The van der Waals surface area contributed by atoms with Crippen LogP contribution in [-0.4, -0.2) is 57.9 Å². The van der Waals surface area contributed by atoms with Crippen molar-refractivity contribution < 1.29 is 4.74 Å². The summed E-state index contributed by atoms with van der Waals surface area (Å²) in [4.78, 5) is 7.11. The minimum absolute atomic E-state index is 0.246. The molecule has 6 nitrogen and oxygen atoms in total. The summed E-state index contributed by atoms with van der Waals surface area (Å²) >= 11 is 0. The van der Waals surface area contributed by atoms with Crippen LogP contribution in [-0.2, 0) is 4.74 Å². The monoisotopic (exact) mass is 327 g/mol. The number of hydrogen-bond acceptors (Lipinski definition) is 5. The molecule has 1 N–H and O–H groups in total. The van der Waals surface area contributed by atoms with Crippen LogP contribution in [0.5, 0.6) is 0 Å². The largest absolute Gasteiger partial charge is 0.374 e. The number of nitrogens with zero attached hydrogens (tertiary/aromatic N) is 4. The van der Waals surface area contributed by atoms with Gasteiger partial charge in [0.15, 0.2) is 5.82 Å². The number of aromatic nitrogens is 3. The summed E-state index contributed by atoms with van der Waals surface area (Å²) in [6, 6.07) is 3.02. The fraction of sp³-hybridized carbons (Fsp3) is 0.667. The van der Waals surface area contributed by atoms with Crippen LogP contribution in [0.3, 0.4) is 0 Å². The van der Waals surface area contributed by atoms with Crippen LogP contribution in [0.2, 0.25) is 0 Å². The normalized spacial score (nSPS) is 25.8. The van der Waals surface area contributed by atoms with Crippen molar-refractivity contribution in [2.45, 2.75) is 50.2 Å². The van der Waals surface area contributed by atoms with Crippen LogP contribution in [0.1, 0.15) is 43.7 Å². The van der Waals surface area contributed by atoms with Crippen LogP contribution in [0.25, 0.3) is 5.52 Å². The molecule has 0 amide bonds. The maximum Gasteiger partial charge on any atom is 0.152 e. The van der Waals surface area contributed by atoms with E-state index in [0.717, 1.165) is 43.6 Å². The van der Waals surface area contributed by atoms with E-state index < -0.39 is 0 Å². The molecule has 0 radical (unpaired) electrons. The van der Waals surface area contributed by atoms with Gasteiger partial charge in [0.1, 0.15) is 5.52 Å². The van der Waals surface area contributed by atoms with Crippen molar-refractivity contribution in [1.82, 2.24) is 19.5 Å². The molecule has 6 heteroatoms. The Balaban J connectivity index is 1.28. The van der Waals surface area contributed by atoms with Crippen molar-refractivity contribution in [3.05, 3.63) is 24.2 Å². The first-order valence-electron chi connectivity index (χ1n) is 9.30. The summed E-state index contributed by atoms with van der Waals surface area (Å²) in [5, 5.41) is 8.23. The highest BCUT2D eigenvalue weighted by molar-refractivity contribution is 5.68. The second-order valence-electron chi connectivity index (χ2n) is 7.40. The second kappa shape index (κ2) is 6.01. The fourth-order valence-electron chi connectivity index (χ4n) is 3.83. The Bertz CT molecular complexity index is 721. The van der Waals surface area contributed by atoms with Gasteiger partial charge in [-0.2, -0.15) is 5.10 Å². The van der Waals surface area contributed by atoms with E-state index in [1.165, 1.54) is 37.8 Å². The number of anilines is 1. The zero-order valence-electron chi connectivity index (χ0n) is 14.0. The average molecular weight is 327 g/mol. The fourth-order valence-corrected chi connectivity index (χ4v) is 3.83. The molecule has 2 saturated carbocycles. The van der Waals surface area contributed by atoms with Gasteiger partial charge in [-0.05, 0) is 31.7 Å². The minimum atomic E-state index is 0.246. The van der Waals surface area contributed by atoms with Gasteiger partial charge in [0.2, 0.25) is 0 Å². The van der Waals surface area contributed by atoms with Gasteiger partial charge in [0.05, 0.1) is 18.4 Å². The lowest BCUT2D eigenvalue weighted by atomic mass is 9.83. The van der Waals surface area contributed by atoms with Gasteiger partial charge < -0.3 is 10.1 Å². The van der Waals surface area contributed by atoms with Gasteiger partial charge in [0.25, 0.3) is 0 Å². The van der Waals surface area contributed by atoms with Crippen molar-refractivity contribution in [2.75, 3.05) is 31.6 Å². The Kier molecular flexibility index (Phi) is 3.67. The van der Waals surface area contributed by atoms with Crippen molar-refractivity contribution in [3.8, 4) is 0 Å². The summed E-state index contributed by atoms with van der Waals surface area (Å²) in [5.41, 5.74) is 2.29. The highest BCUT2D eigenvalue weighted by atomic mass is 16.5. The molecule has 1 aliphatic heterocycles. The predicted molar refractivity (Wildman–Crippen MR) is 92.4 cm³/mol. The van der Waals surface area contributed by atoms with Crippen LogP contribution < -0.4 is 5.32 Å². The molecule has 3 aliphatic rings. The van der Waals surface area contributed by atoms with E-state index in [1.54, 1.807) is 0 Å². The lowest BCUT2D eigenvalue weighted by Crippen LogP contribution is -2.46. The number of rotatable bonds is 5.